The first-order valence-electron chi connectivity index (χ1n) is 12.4. The first-order valence-corrected chi connectivity index (χ1v) is 14.3. The van der Waals surface area contributed by atoms with Crippen LogP contribution in [0.1, 0.15) is 136 Å². The Morgan fingerprint density at radius 2 is 0.741 bits per heavy atom. The van der Waals surface area contributed by atoms with E-state index in [4.69, 9.17) is 0 Å². The number of unbranched alkanes of at least 4 members (excludes halogenated alkanes) is 15. The minimum atomic E-state index is 1.34. The number of allylic oxidation sites excluding steroid dienone is 2. The molecular formula is C25H48S2. The molecule has 0 radical (unpaired) electrons. The van der Waals surface area contributed by atoms with Crippen molar-refractivity contribution < 1.29 is 0 Å². The second kappa shape index (κ2) is 19.7. The molecule has 0 atom stereocenters. The number of thioether (sulfide) groups is 2. The van der Waals surface area contributed by atoms with Gasteiger partial charge in [-0.25, -0.2) is 0 Å². The quantitative estimate of drug-likeness (QED) is 0.193. The summed E-state index contributed by atoms with van der Waals surface area (Å²) in [7, 11) is 0. The van der Waals surface area contributed by atoms with Gasteiger partial charge in [0, 0.05) is 11.5 Å². The second-order valence-electron chi connectivity index (χ2n) is 8.35. The summed E-state index contributed by atoms with van der Waals surface area (Å²) in [6.45, 7) is 4.61. The van der Waals surface area contributed by atoms with Crippen molar-refractivity contribution in [3.05, 3.63) is 9.81 Å². The van der Waals surface area contributed by atoms with E-state index in [2.05, 4.69) is 37.4 Å². The largest absolute Gasteiger partial charge is 0.129 e. The first kappa shape index (κ1) is 25.5. The van der Waals surface area contributed by atoms with Gasteiger partial charge in [-0.05, 0) is 35.5 Å². The fraction of sp³-hybridized carbons (Fsp3) is 0.920. The molecule has 1 heterocycles. The van der Waals surface area contributed by atoms with Crippen LogP contribution in [0.25, 0.3) is 0 Å². The van der Waals surface area contributed by atoms with E-state index < -0.39 is 0 Å². The third-order valence-electron chi connectivity index (χ3n) is 5.71. The summed E-state index contributed by atoms with van der Waals surface area (Å²) < 4.78 is 0. The fourth-order valence-corrected chi connectivity index (χ4v) is 6.55. The minimum absolute atomic E-state index is 1.34. The van der Waals surface area contributed by atoms with Crippen molar-refractivity contribution in [3.63, 3.8) is 0 Å². The van der Waals surface area contributed by atoms with Gasteiger partial charge in [-0.2, -0.15) is 0 Å². The lowest BCUT2D eigenvalue weighted by molar-refractivity contribution is 0.550. The van der Waals surface area contributed by atoms with Crippen molar-refractivity contribution in [2.75, 3.05) is 11.5 Å². The average Bonchev–Trinajstić information content (AvgIpc) is 2.69. The van der Waals surface area contributed by atoms with Crippen LogP contribution < -0.4 is 0 Å². The molecule has 0 aromatic heterocycles. The van der Waals surface area contributed by atoms with Gasteiger partial charge in [0.2, 0.25) is 0 Å². The molecule has 1 aliphatic heterocycles. The Morgan fingerprint density at radius 3 is 1.07 bits per heavy atom. The molecule has 0 bridgehead atoms. The summed E-state index contributed by atoms with van der Waals surface area (Å²) in [5.41, 5.74) is 0. The normalized spacial score (nSPS) is 14.9. The summed E-state index contributed by atoms with van der Waals surface area (Å²) in [4.78, 5) is 3.55. The lowest BCUT2D eigenvalue weighted by Crippen LogP contribution is -1.99. The van der Waals surface area contributed by atoms with E-state index in [-0.39, 0.29) is 0 Å². The van der Waals surface area contributed by atoms with Crippen LogP contribution in [0.4, 0.5) is 0 Å². The Balaban J connectivity index is 2.02. The van der Waals surface area contributed by atoms with Gasteiger partial charge in [0.15, 0.2) is 0 Å². The Hall–Kier alpha value is 0.440. The van der Waals surface area contributed by atoms with Crippen molar-refractivity contribution >= 4 is 23.5 Å². The van der Waals surface area contributed by atoms with Gasteiger partial charge in [0.25, 0.3) is 0 Å². The van der Waals surface area contributed by atoms with Crippen molar-refractivity contribution in [2.45, 2.75) is 136 Å². The van der Waals surface area contributed by atoms with Gasteiger partial charge >= 0.3 is 0 Å². The number of hydrogen-bond acceptors (Lipinski definition) is 2. The summed E-state index contributed by atoms with van der Waals surface area (Å²) in [5.74, 6) is 2.69. The Morgan fingerprint density at radius 1 is 0.444 bits per heavy atom. The summed E-state index contributed by atoms with van der Waals surface area (Å²) in [6.07, 6.45) is 27.3. The van der Waals surface area contributed by atoms with E-state index in [9.17, 15) is 0 Å². The second-order valence-corrected chi connectivity index (χ2v) is 10.7. The van der Waals surface area contributed by atoms with E-state index in [1.807, 2.05) is 0 Å². The van der Waals surface area contributed by atoms with E-state index >= 15 is 0 Å². The van der Waals surface area contributed by atoms with Crippen molar-refractivity contribution in [3.8, 4) is 0 Å². The van der Waals surface area contributed by atoms with Crippen molar-refractivity contribution in [1.82, 2.24) is 0 Å². The molecule has 0 spiro atoms. The lowest BCUT2D eigenvalue weighted by atomic mass is 10.0. The zero-order valence-corrected chi connectivity index (χ0v) is 20.3. The molecule has 0 amide bonds. The van der Waals surface area contributed by atoms with Crippen LogP contribution in [0.2, 0.25) is 0 Å². The van der Waals surface area contributed by atoms with Crippen LogP contribution in [0.5, 0.6) is 0 Å². The Labute approximate surface area is 180 Å². The van der Waals surface area contributed by atoms with Gasteiger partial charge in [-0.3, -0.25) is 0 Å². The van der Waals surface area contributed by atoms with Gasteiger partial charge in [0.05, 0.1) is 0 Å². The molecule has 0 aliphatic carbocycles. The van der Waals surface area contributed by atoms with E-state index in [1.165, 1.54) is 134 Å². The topological polar surface area (TPSA) is 0 Å². The van der Waals surface area contributed by atoms with Gasteiger partial charge < -0.3 is 0 Å². The monoisotopic (exact) mass is 412 g/mol. The molecule has 0 aromatic rings. The highest BCUT2D eigenvalue weighted by molar-refractivity contribution is 8.09. The molecule has 1 aliphatic rings. The number of rotatable bonds is 19. The van der Waals surface area contributed by atoms with Gasteiger partial charge in [-0.1, -0.05) is 110 Å². The zero-order valence-electron chi connectivity index (χ0n) is 18.7. The lowest BCUT2D eigenvalue weighted by Gasteiger charge is -2.19. The van der Waals surface area contributed by atoms with Crippen LogP contribution in [0, 0.1) is 0 Å². The maximum Gasteiger partial charge on any atom is 0.00715 e. The molecule has 0 N–H and O–H groups in total. The van der Waals surface area contributed by atoms with Gasteiger partial charge in [0.1, 0.15) is 0 Å². The SMILES string of the molecule is CCCCCCCCCCCCCC1=C(CCCCCCCC)SCCS1. The average molecular weight is 413 g/mol. The predicted molar refractivity (Wildman–Crippen MR) is 131 cm³/mol. The van der Waals surface area contributed by atoms with E-state index in [1.54, 1.807) is 9.81 Å². The molecule has 0 saturated carbocycles. The molecule has 27 heavy (non-hydrogen) atoms. The summed E-state index contributed by atoms with van der Waals surface area (Å²) in [5, 5.41) is 0. The van der Waals surface area contributed by atoms with Crippen LogP contribution in [0.3, 0.4) is 0 Å². The summed E-state index contributed by atoms with van der Waals surface area (Å²) in [6, 6.07) is 0. The third-order valence-corrected chi connectivity index (χ3v) is 8.51. The molecule has 0 unspecified atom stereocenters. The molecule has 1 rings (SSSR count). The van der Waals surface area contributed by atoms with E-state index in [0.717, 1.165) is 0 Å². The highest BCUT2D eigenvalue weighted by Crippen LogP contribution is 2.39. The van der Waals surface area contributed by atoms with Gasteiger partial charge in [-0.15, -0.1) is 23.5 Å². The Kier molecular flexibility index (Phi) is 18.6. The fourth-order valence-electron chi connectivity index (χ4n) is 3.93. The van der Waals surface area contributed by atoms with Crippen LogP contribution in [0.15, 0.2) is 9.81 Å². The van der Waals surface area contributed by atoms with Crippen LogP contribution in [-0.4, -0.2) is 11.5 Å². The van der Waals surface area contributed by atoms with Crippen LogP contribution in [-0.2, 0) is 0 Å². The molecule has 0 saturated heterocycles. The molecule has 0 aromatic carbocycles. The minimum Gasteiger partial charge on any atom is -0.129 e. The van der Waals surface area contributed by atoms with Crippen LogP contribution >= 0.6 is 23.5 Å². The molecule has 0 nitrogen and oxygen atoms in total. The van der Waals surface area contributed by atoms with E-state index in [0.29, 0.717) is 0 Å². The smallest absolute Gasteiger partial charge is 0.00715 e. The maximum absolute atomic E-state index is 2.31. The van der Waals surface area contributed by atoms with Crippen molar-refractivity contribution in [1.29, 1.82) is 0 Å². The third kappa shape index (κ3) is 15.0. The maximum atomic E-state index is 2.31. The Bertz CT molecular complexity index is 348. The van der Waals surface area contributed by atoms with Crippen molar-refractivity contribution in [2.24, 2.45) is 0 Å². The highest BCUT2D eigenvalue weighted by Gasteiger charge is 2.13. The zero-order chi connectivity index (χ0) is 19.4. The first-order chi connectivity index (χ1) is 13.4. The molecule has 160 valence electrons. The number of hydrogen-bond donors (Lipinski definition) is 0. The molecule has 0 fully saturated rings. The standard InChI is InChI=1S/C25H48S2/c1-3-5-7-9-11-12-13-14-15-17-19-21-25-24(26-22-23-27-25)20-18-16-10-8-6-4-2/h3-23H2,1-2H3. The highest BCUT2D eigenvalue weighted by atomic mass is 32.2. The predicted octanol–water partition coefficient (Wildman–Crippen LogP) is 10.1. The molecule has 2 heteroatoms. The molecular weight excluding hydrogens is 364 g/mol. The summed E-state index contributed by atoms with van der Waals surface area (Å²) >= 11 is 4.36.